The van der Waals surface area contributed by atoms with E-state index >= 15 is 0 Å². The van der Waals surface area contributed by atoms with Crippen LogP contribution in [0.2, 0.25) is 0 Å². The highest BCUT2D eigenvalue weighted by Gasteiger charge is 2.08. The van der Waals surface area contributed by atoms with Crippen LogP contribution in [0.25, 0.3) is 33.2 Å². The van der Waals surface area contributed by atoms with Crippen molar-refractivity contribution in [3.05, 3.63) is 61.2 Å². The molecule has 0 amide bonds. The molecule has 0 atom stereocenters. The van der Waals surface area contributed by atoms with Gasteiger partial charge in [0.15, 0.2) is 0 Å². The van der Waals surface area contributed by atoms with Crippen molar-refractivity contribution in [3.8, 4) is 22.3 Å². The van der Waals surface area contributed by atoms with Crippen LogP contribution in [0.15, 0.2) is 61.2 Å². The summed E-state index contributed by atoms with van der Waals surface area (Å²) in [5.74, 6) is 0.849. The summed E-state index contributed by atoms with van der Waals surface area (Å²) >= 11 is 0. The number of benzene rings is 1. The number of rotatable bonds is 3. The van der Waals surface area contributed by atoms with Crippen LogP contribution in [0.5, 0.6) is 0 Å². The van der Waals surface area contributed by atoms with E-state index in [1.165, 1.54) is 0 Å². The van der Waals surface area contributed by atoms with Gasteiger partial charge in [0.05, 0.1) is 11.7 Å². The lowest BCUT2D eigenvalue weighted by Gasteiger charge is -2.08. The number of nitrogens with zero attached hydrogens (tertiary/aromatic N) is 4. The molecule has 0 saturated heterocycles. The van der Waals surface area contributed by atoms with Gasteiger partial charge in [-0.25, -0.2) is 4.98 Å². The Morgan fingerprint density at radius 2 is 1.67 bits per heavy atom. The van der Waals surface area contributed by atoms with Gasteiger partial charge in [0.25, 0.3) is 0 Å². The Balaban J connectivity index is 1.80. The smallest absolute Gasteiger partial charge is 0.126 e. The second-order valence-electron chi connectivity index (χ2n) is 5.69. The Morgan fingerprint density at radius 3 is 2.38 bits per heavy atom. The average Bonchev–Trinajstić information content (AvgIpc) is 3.07. The van der Waals surface area contributed by atoms with E-state index in [1.807, 2.05) is 51.0 Å². The zero-order valence-electron chi connectivity index (χ0n) is 13.6. The van der Waals surface area contributed by atoms with Crippen LogP contribution < -0.4 is 5.32 Å². The first-order valence-electron chi connectivity index (χ1n) is 7.76. The van der Waals surface area contributed by atoms with Crippen LogP contribution in [0.3, 0.4) is 0 Å². The minimum absolute atomic E-state index is 0.849. The van der Waals surface area contributed by atoms with E-state index in [0.717, 1.165) is 39.0 Å². The van der Waals surface area contributed by atoms with Crippen LogP contribution in [-0.4, -0.2) is 26.8 Å². The summed E-state index contributed by atoms with van der Waals surface area (Å²) in [6, 6.07) is 12.4. The molecule has 0 aliphatic carbocycles. The van der Waals surface area contributed by atoms with E-state index in [9.17, 15) is 0 Å². The van der Waals surface area contributed by atoms with Gasteiger partial charge < -0.3 is 5.32 Å². The highest BCUT2D eigenvalue weighted by atomic mass is 15.2. The van der Waals surface area contributed by atoms with Crippen molar-refractivity contribution in [1.29, 1.82) is 0 Å². The lowest BCUT2D eigenvalue weighted by atomic mass is 10.0. The van der Waals surface area contributed by atoms with Crippen LogP contribution in [-0.2, 0) is 7.05 Å². The lowest BCUT2D eigenvalue weighted by Crippen LogP contribution is -1.94. The SMILES string of the molecule is CNc1ccc2cncc(-c3ccc(-c4cnn(C)c4)cc3)c2n1. The fraction of sp³-hybridized carbons (Fsp3) is 0.105. The molecule has 0 aliphatic heterocycles. The largest absolute Gasteiger partial charge is 0.373 e. The zero-order chi connectivity index (χ0) is 16.5. The second-order valence-corrected chi connectivity index (χ2v) is 5.69. The number of hydrogen-bond donors (Lipinski definition) is 1. The summed E-state index contributed by atoms with van der Waals surface area (Å²) in [5.41, 5.74) is 5.33. The molecule has 0 bridgehead atoms. The summed E-state index contributed by atoms with van der Waals surface area (Å²) in [6.07, 6.45) is 7.59. The quantitative estimate of drug-likeness (QED) is 0.626. The van der Waals surface area contributed by atoms with Crippen molar-refractivity contribution in [1.82, 2.24) is 19.7 Å². The first-order valence-corrected chi connectivity index (χ1v) is 7.76. The normalized spacial score (nSPS) is 10.9. The highest BCUT2D eigenvalue weighted by molar-refractivity contribution is 5.93. The van der Waals surface area contributed by atoms with Gasteiger partial charge in [0, 0.05) is 49.2 Å². The molecular weight excluding hydrogens is 298 g/mol. The van der Waals surface area contributed by atoms with Crippen molar-refractivity contribution in [2.24, 2.45) is 7.05 Å². The van der Waals surface area contributed by atoms with E-state index in [4.69, 9.17) is 0 Å². The van der Waals surface area contributed by atoms with Gasteiger partial charge in [-0.1, -0.05) is 24.3 Å². The van der Waals surface area contributed by atoms with E-state index in [-0.39, 0.29) is 0 Å². The topological polar surface area (TPSA) is 55.6 Å². The molecule has 1 N–H and O–H groups in total. The maximum absolute atomic E-state index is 4.69. The number of anilines is 1. The number of fused-ring (bicyclic) bond motifs is 1. The maximum Gasteiger partial charge on any atom is 0.126 e. The summed E-state index contributed by atoms with van der Waals surface area (Å²) in [6.45, 7) is 0. The Kier molecular flexibility index (Phi) is 3.46. The number of nitrogens with one attached hydrogen (secondary N) is 1. The van der Waals surface area contributed by atoms with Gasteiger partial charge in [-0.05, 0) is 23.3 Å². The van der Waals surface area contributed by atoms with E-state index in [0.29, 0.717) is 0 Å². The molecule has 0 aliphatic rings. The van der Waals surface area contributed by atoms with E-state index < -0.39 is 0 Å². The summed E-state index contributed by atoms with van der Waals surface area (Å²) in [4.78, 5) is 9.04. The Bertz CT molecular complexity index is 1000. The summed E-state index contributed by atoms with van der Waals surface area (Å²) < 4.78 is 1.81. The van der Waals surface area contributed by atoms with Gasteiger partial charge >= 0.3 is 0 Å². The fourth-order valence-corrected chi connectivity index (χ4v) is 2.81. The minimum atomic E-state index is 0.849. The predicted octanol–water partition coefficient (Wildman–Crippen LogP) is 3.74. The van der Waals surface area contributed by atoms with Crippen molar-refractivity contribution in [2.75, 3.05) is 12.4 Å². The van der Waals surface area contributed by atoms with E-state index in [1.54, 1.807) is 4.68 Å². The third-order valence-electron chi connectivity index (χ3n) is 4.09. The summed E-state index contributed by atoms with van der Waals surface area (Å²) in [5, 5.41) is 8.34. The van der Waals surface area contributed by atoms with Gasteiger partial charge in [-0.15, -0.1) is 0 Å². The Labute approximate surface area is 140 Å². The molecule has 0 radical (unpaired) electrons. The average molecular weight is 315 g/mol. The molecule has 0 saturated carbocycles. The second kappa shape index (κ2) is 5.77. The fourth-order valence-electron chi connectivity index (χ4n) is 2.81. The lowest BCUT2D eigenvalue weighted by molar-refractivity contribution is 0.768. The van der Waals surface area contributed by atoms with Crippen LogP contribution in [0, 0.1) is 0 Å². The van der Waals surface area contributed by atoms with Crippen LogP contribution in [0.4, 0.5) is 5.82 Å². The number of pyridine rings is 2. The van der Waals surface area contributed by atoms with Gasteiger partial charge in [0.2, 0.25) is 0 Å². The monoisotopic (exact) mass is 315 g/mol. The molecule has 24 heavy (non-hydrogen) atoms. The molecule has 4 rings (SSSR count). The van der Waals surface area contributed by atoms with Crippen molar-refractivity contribution >= 4 is 16.7 Å². The standard InChI is InChI=1S/C19H17N5/c1-20-18-8-7-15-9-21-11-17(19(15)23-18)14-5-3-13(4-6-14)16-10-22-24(2)12-16/h3-12H,1-2H3,(H,20,23). The molecule has 1 aromatic carbocycles. The van der Waals surface area contributed by atoms with Crippen molar-refractivity contribution in [2.45, 2.75) is 0 Å². The molecule has 3 aromatic heterocycles. The molecule has 3 heterocycles. The van der Waals surface area contributed by atoms with Gasteiger partial charge in [-0.2, -0.15) is 5.10 Å². The molecule has 118 valence electrons. The number of hydrogen-bond acceptors (Lipinski definition) is 4. The molecular formula is C19H17N5. The predicted molar refractivity (Wildman–Crippen MR) is 96.7 cm³/mol. The van der Waals surface area contributed by atoms with E-state index in [2.05, 4.69) is 44.6 Å². The third-order valence-corrected chi connectivity index (χ3v) is 4.09. The highest BCUT2D eigenvalue weighted by Crippen LogP contribution is 2.29. The Morgan fingerprint density at radius 1 is 0.875 bits per heavy atom. The first kappa shape index (κ1) is 14.4. The Hall–Kier alpha value is -3.21. The minimum Gasteiger partial charge on any atom is -0.373 e. The number of aryl methyl sites for hydroxylation is 1. The van der Waals surface area contributed by atoms with Gasteiger partial charge in [0.1, 0.15) is 5.82 Å². The van der Waals surface area contributed by atoms with Crippen molar-refractivity contribution < 1.29 is 0 Å². The van der Waals surface area contributed by atoms with Crippen molar-refractivity contribution in [3.63, 3.8) is 0 Å². The molecule has 0 spiro atoms. The molecule has 4 aromatic rings. The zero-order valence-corrected chi connectivity index (χ0v) is 13.6. The summed E-state index contributed by atoms with van der Waals surface area (Å²) in [7, 11) is 3.79. The molecule has 0 fully saturated rings. The molecule has 5 heteroatoms. The third kappa shape index (κ3) is 2.50. The van der Waals surface area contributed by atoms with Gasteiger partial charge in [-0.3, -0.25) is 9.67 Å². The molecule has 5 nitrogen and oxygen atoms in total. The molecule has 0 unspecified atom stereocenters. The number of aromatic nitrogens is 4. The van der Waals surface area contributed by atoms with Crippen LogP contribution in [0.1, 0.15) is 0 Å². The maximum atomic E-state index is 4.69. The first-order chi connectivity index (χ1) is 11.7. The van der Waals surface area contributed by atoms with Crippen LogP contribution >= 0.6 is 0 Å².